The molecule has 2 heterocycles. The molecule has 136 valence electrons. The van der Waals surface area contributed by atoms with Gasteiger partial charge in [-0.2, -0.15) is 0 Å². The number of halogens is 1. The Hall–Kier alpha value is -2.05. The van der Waals surface area contributed by atoms with Gasteiger partial charge in [0.05, 0.1) is 32.6 Å². The van der Waals surface area contributed by atoms with Gasteiger partial charge in [-0.05, 0) is 35.9 Å². The lowest BCUT2D eigenvalue weighted by molar-refractivity contribution is -0.917. The summed E-state index contributed by atoms with van der Waals surface area (Å²) in [6, 6.07) is 14.1. The van der Waals surface area contributed by atoms with Crippen LogP contribution in [0.1, 0.15) is 11.1 Å². The van der Waals surface area contributed by atoms with Gasteiger partial charge in [-0.1, -0.05) is 28.1 Å². The third kappa shape index (κ3) is 4.02. The Morgan fingerprint density at radius 2 is 1.69 bits per heavy atom. The topological polar surface area (TPSA) is 43.2 Å². The van der Waals surface area contributed by atoms with Gasteiger partial charge in [0.25, 0.3) is 0 Å². The zero-order valence-corrected chi connectivity index (χ0v) is 16.1. The van der Waals surface area contributed by atoms with Crippen molar-refractivity contribution in [3.8, 4) is 11.5 Å². The molecule has 1 saturated heterocycles. The summed E-state index contributed by atoms with van der Waals surface area (Å²) in [6.45, 7) is 4.84. The Labute approximate surface area is 161 Å². The Balaban J connectivity index is 1.28. The van der Waals surface area contributed by atoms with Crippen molar-refractivity contribution in [1.82, 2.24) is 4.90 Å². The van der Waals surface area contributed by atoms with Crippen molar-refractivity contribution in [2.75, 3.05) is 33.0 Å². The summed E-state index contributed by atoms with van der Waals surface area (Å²) in [6.07, 6.45) is 0.477. The first-order chi connectivity index (χ1) is 12.7. The third-order valence-corrected chi connectivity index (χ3v) is 5.51. The van der Waals surface area contributed by atoms with Gasteiger partial charge < -0.3 is 19.3 Å². The van der Waals surface area contributed by atoms with Crippen LogP contribution >= 0.6 is 15.9 Å². The number of quaternary nitrogens is 1. The van der Waals surface area contributed by atoms with Crippen LogP contribution in [0.25, 0.3) is 0 Å². The molecular weight excluding hydrogens is 396 g/mol. The van der Waals surface area contributed by atoms with Crippen LogP contribution in [0.2, 0.25) is 0 Å². The molecule has 0 aliphatic carbocycles. The quantitative estimate of drug-likeness (QED) is 0.822. The van der Waals surface area contributed by atoms with Crippen LogP contribution < -0.4 is 14.4 Å². The van der Waals surface area contributed by atoms with Crippen molar-refractivity contribution in [1.29, 1.82) is 0 Å². The fourth-order valence-electron chi connectivity index (χ4n) is 3.48. The van der Waals surface area contributed by atoms with E-state index in [0.717, 1.165) is 54.3 Å². The minimum Gasteiger partial charge on any atom is -0.454 e. The Kier molecular flexibility index (Phi) is 5.13. The van der Waals surface area contributed by atoms with Crippen molar-refractivity contribution in [3.05, 3.63) is 58.1 Å². The van der Waals surface area contributed by atoms with Crippen molar-refractivity contribution >= 4 is 21.8 Å². The highest BCUT2D eigenvalue weighted by molar-refractivity contribution is 9.10. The second-order valence-corrected chi connectivity index (χ2v) is 7.71. The molecule has 6 heteroatoms. The van der Waals surface area contributed by atoms with E-state index in [-0.39, 0.29) is 5.91 Å². The van der Waals surface area contributed by atoms with Gasteiger partial charge in [0.1, 0.15) is 6.54 Å². The SMILES string of the molecule is O=C(Cc1ccc(Br)cc1)N1CC[NH+](Cc2ccc3c(c2)OCO3)CC1. The first kappa shape index (κ1) is 17.4. The average Bonchev–Trinajstić information content (AvgIpc) is 3.12. The summed E-state index contributed by atoms with van der Waals surface area (Å²) >= 11 is 3.43. The maximum Gasteiger partial charge on any atom is 0.231 e. The molecule has 0 unspecified atom stereocenters. The van der Waals surface area contributed by atoms with Gasteiger partial charge >= 0.3 is 0 Å². The molecule has 2 aromatic carbocycles. The molecule has 0 radical (unpaired) electrons. The highest BCUT2D eigenvalue weighted by Crippen LogP contribution is 2.32. The molecule has 0 bridgehead atoms. The fourth-order valence-corrected chi connectivity index (χ4v) is 3.74. The average molecular weight is 418 g/mol. The summed E-state index contributed by atoms with van der Waals surface area (Å²) in [5, 5.41) is 0. The first-order valence-electron chi connectivity index (χ1n) is 8.92. The van der Waals surface area contributed by atoms with E-state index < -0.39 is 0 Å². The zero-order valence-electron chi connectivity index (χ0n) is 14.5. The van der Waals surface area contributed by atoms with E-state index in [1.54, 1.807) is 0 Å². The molecule has 1 N–H and O–H groups in total. The van der Waals surface area contributed by atoms with Crippen molar-refractivity contribution in [2.45, 2.75) is 13.0 Å². The molecule has 1 fully saturated rings. The number of nitrogens with zero attached hydrogens (tertiary/aromatic N) is 1. The number of carbonyl (C=O) groups is 1. The van der Waals surface area contributed by atoms with E-state index in [1.807, 2.05) is 35.2 Å². The van der Waals surface area contributed by atoms with E-state index in [0.29, 0.717) is 13.2 Å². The lowest BCUT2D eigenvalue weighted by Gasteiger charge is -2.32. The number of piperazine rings is 1. The largest absolute Gasteiger partial charge is 0.454 e. The third-order valence-electron chi connectivity index (χ3n) is 4.98. The minimum atomic E-state index is 0.217. The Morgan fingerprint density at radius 1 is 1.00 bits per heavy atom. The van der Waals surface area contributed by atoms with Gasteiger partial charge in [0, 0.05) is 10.0 Å². The van der Waals surface area contributed by atoms with Gasteiger partial charge in [-0.25, -0.2) is 0 Å². The number of hydrogen-bond donors (Lipinski definition) is 1. The van der Waals surface area contributed by atoms with Crippen LogP contribution in [-0.4, -0.2) is 43.8 Å². The van der Waals surface area contributed by atoms with E-state index in [2.05, 4.69) is 28.1 Å². The lowest BCUT2D eigenvalue weighted by atomic mass is 10.1. The molecule has 1 amide bonds. The van der Waals surface area contributed by atoms with Crippen LogP contribution in [0.15, 0.2) is 46.9 Å². The summed E-state index contributed by atoms with van der Waals surface area (Å²) in [5.41, 5.74) is 2.31. The predicted molar refractivity (Wildman–Crippen MR) is 101 cm³/mol. The van der Waals surface area contributed by atoms with E-state index >= 15 is 0 Å². The molecule has 4 rings (SSSR count). The molecule has 2 aliphatic rings. The maximum atomic E-state index is 12.5. The second kappa shape index (κ2) is 7.68. The van der Waals surface area contributed by atoms with Gasteiger partial charge in [0.2, 0.25) is 12.7 Å². The van der Waals surface area contributed by atoms with Crippen LogP contribution in [0.4, 0.5) is 0 Å². The Bertz CT molecular complexity index is 786. The molecule has 26 heavy (non-hydrogen) atoms. The molecule has 0 spiro atoms. The molecular formula is C20H22BrN2O3+. The summed E-state index contributed by atoms with van der Waals surface area (Å²) < 4.78 is 11.9. The van der Waals surface area contributed by atoms with E-state index in [9.17, 15) is 4.79 Å². The number of nitrogens with one attached hydrogen (secondary N) is 1. The molecule has 5 nitrogen and oxygen atoms in total. The Morgan fingerprint density at radius 3 is 2.46 bits per heavy atom. The highest BCUT2D eigenvalue weighted by atomic mass is 79.9. The minimum absolute atomic E-state index is 0.217. The first-order valence-corrected chi connectivity index (χ1v) is 9.71. The standard InChI is InChI=1S/C20H21BrN2O3/c21-17-4-1-15(2-5-17)12-20(24)23-9-7-22(8-10-23)13-16-3-6-18-19(11-16)26-14-25-18/h1-6,11H,7-10,12-14H2/p+1. The second-order valence-electron chi connectivity index (χ2n) is 6.80. The van der Waals surface area contributed by atoms with Crippen molar-refractivity contribution in [3.63, 3.8) is 0 Å². The number of hydrogen-bond acceptors (Lipinski definition) is 3. The van der Waals surface area contributed by atoms with Crippen molar-refractivity contribution < 1.29 is 19.2 Å². The molecule has 0 aromatic heterocycles. The summed E-state index contributed by atoms with van der Waals surface area (Å²) in [5.74, 6) is 1.88. The highest BCUT2D eigenvalue weighted by Gasteiger charge is 2.24. The monoisotopic (exact) mass is 417 g/mol. The molecule has 2 aliphatic heterocycles. The van der Waals surface area contributed by atoms with Crippen LogP contribution in [-0.2, 0) is 17.8 Å². The normalized spacial score (nSPS) is 16.7. The summed E-state index contributed by atoms with van der Waals surface area (Å²) in [4.78, 5) is 16.0. The predicted octanol–water partition coefficient (Wildman–Crippen LogP) is 1.65. The maximum absolute atomic E-state index is 12.5. The smallest absolute Gasteiger partial charge is 0.231 e. The zero-order chi connectivity index (χ0) is 17.9. The van der Waals surface area contributed by atoms with E-state index in [1.165, 1.54) is 10.5 Å². The fraction of sp³-hybridized carbons (Fsp3) is 0.350. The van der Waals surface area contributed by atoms with Crippen LogP contribution in [0.3, 0.4) is 0 Å². The van der Waals surface area contributed by atoms with Crippen LogP contribution in [0.5, 0.6) is 11.5 Å². The van der Waals surface area contributed by atoms with Crippen molar-refractivity contribution in [2.24, 2.45) is 0 Å². The molecule has 0 saturated carbocycles. The lowest BCUT2D eigenvalue weighted by Crippen LogP contribution is -3.13. The number of rotatable bonds is 4. The van der Waals surface area contributed by atoms with Crippen LogP contribution in [0, 0.1) is 0 Å². The number of amides is 1. The number of ether oxygens (including phenoxy) is 2. The molecule has 2 aromatic rings. The van der Waals surface area contributed by atoms with Gasteiger partial charge in [-0.15, -0.1) is 0 Å². The number of carbonyl (C=O) groups excluding carboxylic acids is 1. The van der Waals surface area contributed by atoms with E-state index in [4.69, 9.17) is 9.47 Å². The number of benzene rings is 2. The molecule has 0 atom stereocenters. The number of fused-ring (bicyclic) bond motifs is 1. The van der Waals surface area contributed by atoms with Gasteiger partial charge in [0.15, 0.2) is 11.5 Å². The summed E-state index contributed by atoms with van der Waals surface area (Å²) in [7, 11) is 0. The van der Waals surface area contributed by atoms with Gasteiger partial charge in [-0.3, -0.25) is 4.79 Å².